The van der Waals surface area contributed by atoms with Crippen molar-refractivity contribution in [3.8, 4) is 0 Å². The molecule has 1 aliphatic rings. The first kappa shape index (κ1) is 8.07. The van der Waals surface area contributed by atoms with E-state index in [0.717, 1.165) is 5.56 Å². The molecular weight excluding hydrogens is 166 g/mol. The SMILES string of the molecule is O=C1NCNN1Cc1ccccc1. The van der Waals surface area contributed by atoms with Gasteiger partial charge >= 0.3 is 6.03 Å². The number of hydrazine groups is 1. The van der Waals surface area contributed by atoms with E-state index in [1.54, 1.807) is 5.01 Å². The Morgan fingerprint density at radius 1 is 1.31 bits per heavy atom. The van der Waals surface area contributed by atoms with Crippen LogP contribution in [0.4, 0.5) is 4.79 Å². The van der Waals surface area contributed by atoms with Crippen LogP contribution in [0, 0.1) is 0 Å². The lowest BCUT2D eigenvalue weighted by atomic mass is 10.2. The number of amides is 2. The second kappa shape index (κ2) is 3.45. The van der Waals surface area contributed by atoms with Crippen molar-refractivity contribution in [1.29, 1.82) is 0 Å². The Hall–Kier alpha value is -1.55. The molecule has 0 saturated carbocycles. The van der Waals surface area contributed by atoms with Crippen LogP contribution < -0.4 is 10.7 Å². The van der Waals surface area contributed by atoms with E-state index in [9.17, 15) is 4.79 Å². The van der Waals surface area contributed by atoms with Gasteiger partial charge in [0.15, 0.2) is 0 Å². The van der Waals surface area contributed by atoms with Gasteiger partial charge in [0.2, 0.25) is 0 Å². The molecule has 1 fully saturated rings. The minimum Gasteiger partial charge on any atom is -0.323 e. The third-order valence-electron chi connectivity index (χ3n) is 1.94. The first-order chi connectivity index (χ1) is 6.36. The number of carbonyl (C=O) groups excluding carboxylic acids is 1. The maximum Gasteiger partial charge on any atom is 0.333 e. The molecule has 1 heterocycles. The molecule has 2 amide bonds. The number of carbonyl (C=O) groups is 1. The molecule has 0 radical (unpaired) electrons. The van der Waals surface area contributed by atoms with Gasteiger partial charge in [-0.25, -0.2) is 10.2 Å². The van der Waals surface area contributed by atoms with Crippen LogP contribution in [0.1, 0.15) is 5.56 Å². The van der Waals surface area contributed by atoms with E-state index in [0.29, 0.717) is 13.2 Å². The summed E-state index contributed by atoms with van der Waals surface area (Å²) in [5, 5.41) is 4.23. The summed E-state index contributed by atoms with van der Waals surface area (Å²) in [6.45, 7) is 1.12. The van der Waals surface area contributed by atoms with Crippen LogP contribution in [0.15, 0.2) is 30.3 Å². The second-order valence-electron chi connectivity index (χ2n) is 2.89. The molecule has 2 rings (SSSR count). The maximum atomic E-state index is 11.1. The molecule has 0 unspecified atom stereocenters. The third-order valence-corrected chi connectivity index (χ3v) is 1.94. The van der Waals surface area contributed by atoms with Crippen LogP contribution >= 0.6 is 0 Å². The molecule has 1 aromatic carbocycles. The minimum absolute atomic E-state index is 0.0659. The molecule has 68 valence electrons. The summed E-state index contributed by atoms with van der Waals surface area (Å²) in [7, 11) is 0. The summed E-state index contributed by atoms with van der Waals surface area (Å²) in [4.78, 5) is 11.1. The molecule has 0 atom stereocenters. The van der Waals surface area contributed by atoms with Gasteiger partial charge in [0.25, 0.3) is 0 Å². The molecule has 1 saturated heterocycles. The van der Waals surface area contributed by atoms with Gasteiger partial charge in [0, 0.05) is 0 Å². The smallest absolute Gasteiger partial charge is 0.323 e. The van der Waals surface area contributed by atoms with Crippen molar-refractivity contribution >= 4 is 6.03 Å². The Bertz CT molecular complexity index is 299. The van der Waals surface area contributed by atoms with Crippen molar-refractivity contribution in [1.82, 2.24) is 15.8 Å². The van der Waals surface area contributed by atoms with E-state index in [1.807, 2.05) is 30.3 Å². The van der Waals surface area contributed by atoms with E-state index in [4.69, 9.17) is 0 Å². The number of urea groups is 1. The van der Waals surface area contributed by atoms with E-state index < -0.39 is 0 Å². The predicted octanol–water partition coefficient (Wildman–Crippen LogP) is 0.674. The number of hydrogen-bond acceptors (Lipinski definition) is 2. The fraction of sp³-hybridized carbons (Fsp3) is 0.222. The third kappa shape index (κ3) is 1.78. The lowest BCUT2D eigenvalue weighted by Crippen LogP contribution is -2.33. The Morgan fingerprint density at radius 2 is 2.08 bits per heavy atom. The molecule has 2 N–H and O–H groups in total. The van der Waals surface area contributed by atoms with Gasteiger partial charge in [-0.1, -0.05) is 30.3 Å². The van der Waals surface area contributed by atoms with E-state index in [1.165, 1.54) is 0 Å². The van der Waals surface area contributed by atoms with Crippen LogP contribution in [-0.2, 0) is 6.54 Å². The van der Waals surface area contributed by atoms with Gasteiger partial charge in [-0.3, -0.25) is 5.01 Å². The van der Waals surface area contributed by atoms with Crippen molar-refractivity contribution in [3.05, 3.63) is 35.9 Å². The van der Waals surface area contributed by atoms with Gasteiger partial charge in [0.05, 0.1) is 13.2 Å². The van der Waals surface area contributed by atoms with Crippen LogP contribution in [0.2, 0.25) is 0 Å². The van der Waals surface area contributed by atoms with Crippen LogP contribution in [0.3, 0.4) is 0 Å². The summed E-state index contributed by atoms with van der Waals surface area (Å²) in [5.41, 5.74) is 4.05. The van der Waals surface area contributed by atoms with Crippen molar-refractivity contribution < 1.29 is 4.79 Å². The summed E-state index contributed by atoms with van der Waals surface area (Å²) in [6.07, 6.45) is 0. The van der Waals surface area contributed by atoms with Gasteiger partial charge in [-0.05, 0) is 5.56 Å². The summed E-state index contributed by atoms with van der Waals surface area (Å²) in [5.74, 6) is 0. The van der Waals surface area contributed by atoms with E-state index in [-0.39, 0.29) is 6.03 Å². The number of nitrogens with one attached hydrogen (secondary N) is 2. The zero-order valence-electron chi connectivity index (χ0n) is 7.16. The van der Waals surface area contributed by atoms with Gasteiger partial charge in [-0.2, -0.15) is 0 Å². The van der Waals surface area contributed by atoms with Gasteiger partial charge in [0.1, 0.15) is 0 Å². The molecular formula is C9H11N3O. The normalized spacial score (nSPS) is 16.0. The number of nitrogens with zero attached hydrogens (tertiary/aromatic N) is 1. The molecule has 1 aliphatic heterocycles. The van der Waals surface area contributed by atoms with Crippen molar-refractivity contribution in [3.63, 3.8) is 0 Å². The molecule has 4 heteroatoms. The van der Waals surface area contributed by atoms with Crippen molar-refractivity contribution in [2.45, 2.75) is 6.54 Å². The molecule has 4 nitrogen and oxygen atoms in total. The molecule has 1 aromatic rings. The summed E-state index contributed by atoms with van der Waals surface area (Å²) in [6, 6.07) is 9.80. The fourth-order valence-corrected chi connectivity index (χ4v) is 1.27. The maximum absolute atomic E-state index is 11.1. The zero-order valence-corrected chi connectivity index (χ0v) is 7.16. The first-order valence-electron chi connectivity index (χ1n) is 4.19. The second-order valence-corrected chi connectivity index (χ2v) is 2.89. The summed E-state index contributed by atoms with van der Waals surface area (Å²) < 4.78 is 0. The minimum atomic E-state index is -0.0659. The van der Waals surface area contributed by atoms with Gasteiger partial charge < -0.3 is 5.32 Å². The Kier molecular flexibility index (Phi) is 2.14. The molecule has 0 aliphatic carbocycles. The Balaban J connectivity index is 2.02. The lowest BCUT2D eigenvalue weighted by Gasteiger charge is -2.13. The molecule has 13 heavy (non-hydrogen) atoms. The summed E-state index contributed by atoms with van der Waals surface area (Å²) >= 11 is 0. The highest BCUT2D eigenvalue weighted by Crippen LogP contribution is 2.03. The Labute approximate surface area is 76.5 Å². The Morgan fingerprint density at radius 3 is 2.69 bits per heavy atom. The van der Waals surface area contributed by atoms with Crippen LogP contribution in [-0.4, -0.2) is 17.7 Å². The number of hydrogen-bond donors (Lipinski definition) is 2. The highest BCUT2D eigenvalue weighted by atomic mass is 16.2. The standard InChI is InChI=1S/C9H11N3O/c13-9-10-7-11-12(9)6-8-4-2-1-3-5-8/h1-5,11H,6-7H2,(H,10,13). The average molecular weight is 177 g/mol. The quantitative estimate of drug-likeness (QED) is 0.697. The predicted molar refractivity (Wildman–Crippen MR) is 48.5 cm³/mol. The van der Waals surface area contributed by atoms with Crippen LogP contribution in [0.5, 0.6) is 0 Å². The lowest BCUT2D eigenvalue weighted by molar-refractivity contribution is 0.198. The largest absolute Gasteiger partial charge is 0.333 e. The van der Waals surface area contributed by atoms with E-state index in [2.05, 4.69) is 10.7 Å². The van der Waals surface area contributed by atoms with Crippen LogP contribution in [0.25, 0.3) is 0 Å². The monoisotopic (exact) mass is 177 g/mol. The topological polar surface area (TPSA) is 44.4 Å². The highest BCUT2D eigenvalue weighted by molar-refractivity contribution is 5.75. The van der Waals surface area contributed by atoms with Crippen molar-refractivity contribution in [2.24, 2.45) is 0 Å². The number of rotatable bonds is 2. The molecule has 0 aromatic heterocycles. The molecule has 0 bridgehead atoms. The van der Waals surface area contributed by atoms with E-state index >= 15 is 0 Å². The van der Waals surface area contributed by atoms with Gasteiger partial charge in [-0.15, -0.1) is 0 Å². The molecule has 0 spiro atoms. The van der Waals surface area contributed by atoms with Crippen molar-refractivity contribution in [2.75, 3.05) is 6.67 Å². The first-order valence-corrected chi connectivity index (χ1v) is 4.19. The highest BCUT2D eigenvalue weighted by Gasteiger charge is 2.18. The average Bonchev–Trinajstić information content (AvgIpc) is 2.54. The fourth-order valence-electron chi connectivity index (χ4n) is 1.27. The zero-order chi connectivity index (χ0) is 9.10. The number of benzene rings is 1.